The molecule has 0 saturated heterocycles. The highest BCUT2D eigenvalue weighted by Crippen LogP contribution is 2.46. The fraction of sp³-hybridized carbons (Fsp3) is 0.382. The second kappa shape index (κ2) is 15.1. The summed E-state index contributed by atoms with van der Waals surface area (Å²) in [6.45, 7) is 6.02. The predicted octanol–water partition coefficient (Wildman–Crippen LogP) is 5.32. The number of benzene rings is 3. The molecule has 2 atom stereocenters. The summed E-state index contributed by atoms with van der Waals surface area (Å²) in [5, 5.41) is 12.9. The molecule has 2 aliphatic heterocycles. The number of amides is 1. The number of aliphatic hydroxyl groups is 1. The number of azide groups is 1. The number of esters is 1. The molecule has 48 heavy (non-hydrogen) atoms. The molecule has 252 valence electrons. The van der Waals surface area contributed by atoms with Crippen molar-refractivity contribution in [3.05, 3.63) is 93.9 Å². The van der Waals surface area contributed by atoms with Crippen LogP contribution in [0.4, 0.5) is 5.69 Å². The SMILES string of the molecule is CC(C)(C)OC(=O)CC[C@]1(C(=O)NNCc2ccc3c(c2)OCO3)N=C(c2ccc(OCCCO)cc2)O[C@H]1c1ccccc1N=[N+]=[N-]. The fourth-order valence-electron chi connectivity index (χ4n) is 5.27. The van der Waals surface area contributed by atoms with Crippen molar-refractivity contribution in [3.63, 3.8) is 0 Å². The number of hydrogen-bond acceptors (Lipinski definition) is 11. The summed E-state index contributed by atoms with van der Waals surface area (Å²) in [6, 6.07) is 19.1. The van der Waals surface area contributed by atoms with Crippen molar-refractivity contribution in [2.24, 2.45) is 10.1 Å². The smallest absolute Gasteiger partial charge is 0.306 e. The summed E-state index contributed by atoms with van der Waals surface area (Å²) in [4.78, 5) is 35.2. The topological polar surface area (TPSA) is 186 Å². The lowest BCUT2D eigenvalue weighted by atomic mass is 9.83. The lowest BCUT2D eigenvalue weighted by molar-refractivity contribution is -0.155. The predicted molar refractivity (Wildman–Crippen MR) is 175 cm³/mol. The molecule has 0 unspecified atom stereocenters. The summed E-state index contributed by atoms with van der Waals surface area (Å²) in [5.74, 6) is 0.877. The van der Waals surface area contributed by atoms with E-state index in [1.165, 1.54) is 0 Å². The fourth-order valence-corrected chi connectivity index (χ4v) is 5.27. The van der Waals surface area contributed by atoms with Crippen LogP contribution < -0.4 is 25.1 Å². The molecule has 0 aliphatic carbocycles. The van der Waals surface area contributed by atoms with E-state index in [1.54, 1.807) is 75.4 Å². The molecule has 1 amide bonds. The first-order chi connectivity index (χ1) is 23.1. The maximum Gasteiger partial charge on any atom is 0.306 e. The van der Waals surface area contributed by atoms with Gasteiger partial charge in [0.05, 0.1) is 6.61 Å². The largest absolute Gasteiger partial charge is 0.494 e. The Bertz CT molecular complexity index is 1700. The van der Waals surface area contributed by atoms with Crippen molar-refractivity contribution < 1.29 is 38.4 Å². The van der Waals surface area contributed by atoms with Gasteiger partial charge in [0.25, 0.3) is 5.91 Å². The number of nitrogens with zero attached hydrogens (tertiary/aromatic N) is 4. The van der Waals surface area contributed by atoms with Crippen LogP contribution in [0.5, 0.6) is 17.2 Å². The van der Waals surface area contributed by atoms with E-state index in [0.717, 1.165) is 5.56 Å². The van der Waals surface area contributed by atoms with Crippen LogP contribution in [-0.4, -0.2) is 54.0 Å². The monoisotopic (exact) mass is 658 g/mol. The van der Waals surface area contributed by atoms with E-state index < -0.39 is 29.1 Å². The van der Waals surface area contributed by atoms with Gasteiger partial charge in [-0.1, -0.05) is 35.4 Å². The molecule has 0 saturated carbocycles. The van der Waals surface area contributed by atoms with Crippen LogP contribution in [0.25, 0.3) is 10.4 Å². The third kappa shape index (κ3) is 8.15. The third-order valence-corrected chi connectivity index (χ3v) is 7.46. The molecule has 0 bridgehead atoms. The first-order valence-electron chi connectivity index (χ1n) is 15.5. The molecule has 0 radical (unpaired) electrons. The van der Waals surface area contributed by atoms with Gasteiger partial charge < -0.3 is 28.8 Å². The Labute approximate surface area is 277 Å². The number of aliphatic hydroxyl groups excluding tert-OH is 1. The standard InChI is InChI=1S/C34H38N6O8/c1-33(2,3)48-29(42)15-16-34(32(43)39-36-20-22-9-14-27-28(19-22)46-21-45-27)30(25-7-4-5-8-26(25)38-40-35)47-31(37-34)23-10-12-24(13-11-23)44-18-6-17-41/h4-5,7-14,19,30,36,41H,6,15-18,20-21H2,1-3H3,(H,39,43)/t30-,34-/m0/s1. The minimum atomic E-state index is -1.70. The van der Waals surface area contributed by atoms with Crippen molar-refractivity contribution >= 4 is 23.5 Å². The maximum atomic E-state index is 14.4. The molecule has 2 heterocycles. The molecule has 0 aromatic heterocycles. The van der Waals surface area contributed by atoms with Gasteiger partial charge in [-0.15, -0.1) is 0 Å². The first kappa shape index (κ1) is 34.0. The number of carbonyl (C=O) groups excluding carboxylic acids is 2. The highest BCUT2D eigenvalue weighted by molar-refractivity contribution is 6.01. The second-order valence-corrected chi connectivity index (χ2v) is 12.1. The molecule has 0 fully saturated rings. The molecule has 14 heteroatoms. The highest BCUT2D eigenvalue weighted by atomic mass is 16.7. The molecular formula is C34H38N6O8. The average Bonchev–Trinajstić information content (AvgIpc) is 3.69. The van der Waals surface area contributed by atoms with E-state index in [1.807, 2.05) is 12.1 Å². The van der Waals surface area contributed by atoms with Crippen LogP contribution in [0.1, 0.15) is 62.8 Å². The minimum absolute atomic E-state index is 0.0143. The lowest BCUT2D eigenvalue weighted by Gasteiger charge is -2.31. The molecule has 0 spiro atoms. The van der Waals surface area contributed by atoms with Gasteiger partial charge in [-0.05, 0) is 74.7 Å². The summed E-state index contributed by atoms with van der Waals surface area (Å²) in [5.41, 5.74) is 14.6. The summed E-state index contributed by atoms with van der Waals surface area (Å²) in [7, 11) is 0. The summed E-state index contributed by atoms with van der Waals surface area (Å²) < 4.78 is 28.5. The molecule has 5 rings (SSSR count). The number of aliphatic imine (C=N–C) groups is 1. The van der Waals surface area contributed by atoms with Gasteiger partial charge in [0.1, 0.15) is 11.4 Å². The van der Waals surface area contributed by atoms with Crippen LogP contribution in [0.15, 0.2) is 76.8 Å². The Morgan fingerprint density at radius 1 is 1.10 bits per heavy atom. The van der Waals surface area contributed by atoms with Crippen LogP contribution in [-0.2, 0) is 25.6 Å². The van der Waals surface area contributed by atoms with Crippen molar-refractivity contribution in [1.29, 1.82) is 0 Å². The van der Waals surface area contributed by atoms with E-state index >= 15 is 0 Å². The Hall–Kier alpha value is -5.30. The number of rotatable bonds is 14. The van der Waals surface area contributed by atoms with Gasteiger partial charge in [-0.25, -0.2) is 10.4 Å². The quantitative estimate of drug-likeness (QED) is 0.0515. The lowest BCUT2D eigenvalue weighted by Crippen LogP contribution is -2.52. The molecule has 3 aromatic rings. The van der Waals surface area contributed by atoms with Crippen LogP contribution in [0, 0.1) is 0 Å². The van der Waals surface area contributed by atoms with Crippen LogP contribution >= 0.6 is 0 Å². The highest BCUT2D eigenvalue weighted by Gasteiger charge is 2.54. The van der Waals surface area contributed by atoms with E-state index in [0.29, 0.717) is 41.4 Å². The zero-order valence-corrected chi connectivity index (χ0v) is 27.0. The van der Waals surface area contributed by atoms with Gasteiger partial charge in [0.2, 0.25) is 12.7 Å². The van der Waals surface area contributed by atoms with Crippen molar-refractivity contribution in [2.45, 2.75) is 63.8 Å². The number of fused-ring (bicyclic) bond motifs is 1. The molecular weight excluding hydrogens is 620 g/mol. The number of hydrogen-bond donors (Lipinski definition) is 3. The Morgan fingerprint density at radius 2 is 1.88 bits per heavy atom. The number of nitrogens with one attached hydrogen (secondary N) is 2. The Balaban J connectivity index is 1.49. The van der Waals surface area contributed by atoms with Crippen molar-refractivity contribution in [1.82, 2.24) is 10.9 Å². The molecule has 2 aliphatic rings. The summed E-state index contributed by atoms with van der Waals surface area (Å²) >= 11 is 0. The third-order valence-electron chi connectivity index (χ3n) is 7.46. The maximum absolute atomic E-state index is 14.4. The van der Waals surface area contributed by atoms with E-state index in [2.05, 4.69) is 20.9 Å². The first-order valence-corrected chi connectivity index (χ1v) is 15.5. The zero-order valence-electron chi connectivity index (χ0n) is 27.0. The molecule has 3 N–H and O–H groups in total. The van der Waals surface area contributed by atoms with Gasteiger partial charge >= 0.3 is 5.97 Å². The number of ether oxygens (including phenoxy) is 5. The van der Waals surface area contributed by atoms with Crippen LogP contribution in [0.2, 0.25) is 0 Å². The van der Waals surface area contributed by atoms with Gasteiger partial charge in [-0.3, -0.25) is 15.0 Å². The Morgan fingerprint density at radius 3 is 2.62 bits per heavy atom. The van der Waals surface area contributed by atoms with Gasteiger partial charge in [-0.2, -0.15) is 0 Å². The Kier molecular flexibility index (Phi) is 10.7. The van der Waals surface area contributed by atoms with E-state index in [9.17, 15) is 15.1 Å². The molecule has 3 aromatic carbocycles. The van der Waals surface area contributed by atoms with Crippen molar-refractivity contribution in [3.8, 4) is 17.2 Å². The minimum Gasteiger partial charge on any atom is -0.494 e. The van der Waals surface area contributed by atoms with E-state index in [-0.39, 0.29) is 44.4 Å². The van der Waals surface area contributed by atoms with Gasteiger partial charge in [0, 0.05) is 47.7 Å². The van der Waals surface area contributed by atoms with Crippen LogP contribution in [0.3, 0.4) is 0 Å². The summed E-state index contributed by atoms with van der Waals surface area (Å²) in [6.07, 6.45) is -0.864. The number of hydrazine groups is 1. The van der Waals surface area contributed by atoms with Crippen molar-refractivity contribution in [2.75, 3.05) is 20.0 Å². The van der Waals surface area contributed by atoms with Gasteiger partial charge in [0.15, 0.2) is 23.1 Å². The second-order valence-electron chi connectivity index (χ2n) is 12.1. The van der Waals surface area contributed by atoms with E-state index in [4.69, 9.17) is 33.8 Å². The zero-order chi connectivity index (χ0) is 34.1. The normalized spacial score (nSPS) is 17.9. The number of carbonyl (C=O) groups is 2. The average molecular weight is 659 g/mol. The molecule has 14 nitrogen and oxygen atoms in total.